The first-order valence-corrected chi connectivity index (χ1v) is 11.8. The summed E-state index contributed by atoms with van der Waals surface area (Å²) in [4.78, 5) is 4.50. The number of benzene rings is 3. The van der Waals surface area contributed by atoms with Crippen LogP contribution in [-0.2, 0) is 16.4 Å². The fourth-order valence-corrected chi connectivity index (χ4v) is 4.85. The topological polar surface area (TPSA) is 68.3 Å². The van der Waals surface area contributed by atoms with Crippen molar-refractivity contribution in [1.29, 1.82) is 0 Å². The van der Waals surface area contributed by atoms with Crippen molar-refractivity contribution in [3.63, 3.8) is 0 Å². The molecule has 0 saturated heterocycles. The van der Waals surface area contributed by atoms with Gasteiger partial charge in [-0.25, -0.2) is 12.8 Å². The van der Waals surface area contributed by atoms with Gasteiger partial charge >= 0.3 is 0 Å². The summed E-state index contributed by atoms with van der Waals surface area (Å²) in [5.74, 6) is 0.267. The van der Waals surface area contributed by atoms with Crippen LogP contribution in [0.25, 0.3) is 10.9 Å². The van der Waals surface area contributed by atoms with E-state index in [4.69, 9.17) is 16.3 Å². The highest BCUT2D eigenvalue weighted by atomic mass is 35.5. The molecule has 0 radical (unpaired) electrons. The van der Waals surface area contributed by atoms with Crippen LogP contribution in [0.15, 0.2) is 82.7 Å². The Morgan fingerprint density at radius 1 is 1.03 bits per heavy atom. The number of pyridine rings is 1. The molecule has 0 aliphatic heterocycles. The number of nitrogens with one attached hydrogen (secondary N) is 1. The lowest BCUT2D eigenvalue weighted by molar-refractivity contribution is 0.340. The van der Waals surface area contributed by atoms with Gasteiger partial charge in [-0.1, -0.05) is 23.7 Å². The van der Waals surface area contributed by atoms with Crippen molar-refractivity contribution in [3.8, 4) is 5.75 Å². The molecule has 4 aromatic rings. The lowest BCUT2D eigenvalue weighted by atomic mass is 10.1. The molecule has 1 aromatic heterocycles. The van der Waals surface area contributed by atoms with Crippen LogP contribution >= 0.6 is 11.6 Å². The van der Waals surface area contributed by atoms with Crippen molar-refractivity contribution in [3.05, 3.63) is 89.3 Å². The Morgan fingerprint density at radius 2 is 1.75 bits per heavy atom. The van der Waals surface area contributed by atoms with Crippen LogP contribution in [-0.4, -0.2) is 20.0 Å². The van der Waals surface area contributed by atoms with Crippen molar-refractivity contribution in [2.24, 2.45) is 0 Å². The molecular weight excluding hydrogens is 451 g/mol. The predicted molar refractivity (Wildman–Crippen MR) is 124 cm³/mol. The van der Waals surface area contributed by atoms with E-state index in [-0.39, 0.29) is 15.6 Å². The monoisotopic (exact) mass is 470 g/mol. The van der Waals surface area contributed by atoms with Crippen molar-refractivity contribution < 1.29 is 17.5 Å². The van der Waals surface area contributed by atoms with Gasteiger partial charge < -0.3 is 10.1 Å². The molecule has 1 heterocycles. The van der Waals surface area contributed by atoms with Gasteiger partial charge in [0.05, 0.1) is 22.7 Å². The molecule has 32 heavy (non-hydrogen) atoms. The smallest absolute Gasteiger partial charge is 0.210 e. The number of nitrogens with zero attached hydrogens (tertiary/aromatic N) is 1. The highest BCUT2D eigenvalue weighted by Crippen LogP contribution is 2.35. The molecule has 5 nitrogen and oxygen atoms in total. The second kappa shape index (κ2) is 9.14. The third kappa shape index (κ3) is 4.54. The number of fused-ring (bicyclic) bond motifs is 1. The second-order valence-electron chi connectivity index (χ2n) is 7.05. The number of sulfone groups is 1. The molecule has 0 atom stereocenters. The summed E-state index contributed by atoms with van der Waals surface area (Å²) >= 11 is 5.93. The van der Waals surface area contributed by atoms with Crippen molar-refractivity contribution in [2.45, 2.75) is 23.3 Å². The molecule has 0 unspecified atom stereocenters. The molecular formula is C24H20ClFN2O3S. The summed E-state index contributed by atoms with van der Waals surface area (Å²) in [5.41, 5.74) is 1.81. The molecule has 164 valence electrons. The third-order valence-corrected chi connectivity index (χ3v) is 6.94. The van der Waals surface area contributed by atoms with E-state index in [1.54, 1.807) is 30.3 Å². The fraction of sp³-hybridized carbons (Fsp3) is 0.125. The molecule has 0 amide bonds. The summed E-state index contributed by atoms with van der Waals surface area (Å²) < 4.78 is 45.8. The Kier molecular flexibility index (Phi) is 6.30. The Balaban J connectivity index is 1.86. The minimum absolute atomic E-state index is 0.0306. The number of hydrogen-bond donors (Lipinski definition) is 1. The van der Waals surface area contributed by atoms with Gasteiger partial charge in [0.1, 0.15) is 16.5 Å². The maximum Gasteiger partial charge on any atom is 0.210 e. The van der Waals surface area contributed by atoms with E-state index in [2.05, 4.69) is 10.3 Å². The standard InChI is InChI=1S/C24H20ClFN2O3S/c1-2-31-19-9-12-22-21(13-19)24(28-14-16-3-7-18(26)8-4-16)23(15-27-22)32(29,30)20-10-5-17(25)6-11-20/h3-13,15H,2,14H2,1H3,(H,27,28). The second-order valence-corrected chi connectivity index (χ2v) is 9.40. The minimum atomic E-state index is -3.90. The average molecular weight is 471 g/mol. The Hall–Kier alpha value is -3.16. The number of anilines is 1. The van der Waals surface area contributed by atoms with Gasteiger partial charge in [0.15, 0.2) is 0 Å². The highest BCUT2D eigenvalue weighted by Gasteiger charge is 2.24. The molecule has 4 rings (SSSR count). The number of hydrogen-bond acceptors (Lipinski definition) is 5. The van der Waals surface area contributed by atoms with E-state index >= 15 is 0 Å². The molecule has 0 bridgehead atoms. The van der Waals surface area contributed by atoms with E-state index < -0.39 is 9.84 Å². The molecule has 0 aliphatic carbocycles. The highest BCUT2D eigenvalue weighted by molar-refractivity contribution is 7.91. The third-order valence-electron chi connectivity index (χ3n) is 4.91. The largest absolute Gasteiger partial charge is 0.494 e. The predicted octanol–water partition coefficient (Wildman–Crippen LogP) is 5.87. The lowest BCUT2D eigenvalue weighted by Crippen LogP contribution is -2.10. The van der Waals surface area contributed by atoms with Crippen LogP contribution in [0, 0.1) is 5.82 Å². The number of aromatic nitrogens is 1. The molecule has 0 fully saturated rings. The average Bonchev–Trinajstić information content (AvgIpc) is 2.79. The number of ether oxygens (including phenoxy) is 1. The van der Waals surface area contributed by atoms with E-state index in [9.17, 15) is 12.8 Å². The van der Waals surface area contributed by atoms with Gasteiger partial charge in [-0.05, 0) is 67.1 Å². The van der Waals surface area contributed by atoms with E-state index in [0.29, 0.717) is 40.5 Å². The number of halogens is 2. The maximum absolute atomic E-state index is 13.5. The van der Waals surface area contributed by atoms with Gasteiger partial charge in [0.2, 0.25) is 9.84 Å². The first kappa shape index (κ1) is 22.0. The van der Waals surface area contributed by atoms with Crippen molar-refractivity contribution >= 4 is 38.0 Å². The normalized spacial score (nSPS) is 11.5. The summed E-state index contributed by atoms with van der Waals surface area (Å²) in [6.07, 6.45) is 1.35. The fourth-order valence-electron chi connectivity index (χ4n) is 3.33. The van der Waals surface area contributed by atoms with E-state index in [1.807, 2.05) is 6.92 Å². The van der Waals surface area contributed by atoms with Gasteiger partial charge in [-0.15, -0.1) is 0 Å². The minimum Gasteiger partial charge on any atom is -0.494 e. The van der Waals surface area contributed by atoms with Gasteiger partial charge in [-0.2, -0.15) is 0 Å². The van der Waals surface area contributed by atoms with E-state index in [0.717, 1.165) is 5.56 Å². The molecule has 1 N–H and O–H groups in total. The molecule has 0 saturated carbocycles. The Bertz CT molecular complexity index is 1360. The van der Waals surface area contributed by atoms with Crippen molar-refractivity contribution in [1.82, 2.24) is 4.98 Å². The zero-order valence-corrected chi connectivity index (χ0v) is 18.8. The van der Waals surface area contributed by atoms with Crippen LogP contribution < -0.4 is 10.1 Å². The first-order valence-electron chi connectivity index (χ1n) is 9.93. The summed E-state index contributed by atoms with van der Waals surface area (Å²) in [6.45, 7) is 2.64. The molecule has 3 aromatic carbocycles. The van der Waals surface area contributed by atoms with E-state index in [1.165, 1.54) is 42.6 Å². The molecule has 8 heteroatoms. The number of rotatable bonds is 7. The van der Waals surface area contributed by atoms with Crippen LogP contribution in [0.3, 0.4) is 0 Å². The first-order chi connectivity index (χ1) is 15.4. The maximum atomic E-state index is 13.5. The Labute approximate surface area is 190 Å². The van der Waals surface area contributed by atoms with Crippen LogP contribution in [0.4, 0.5) is 10.1 Å². The lowest BCUT2D eigenvalue weighted by Gasteiger charge is -2.16. The van der Waals surface area contributed by atoms with Gasteiger partial charge in [-0.3, -0.25) is 4.98 Å². The Morgan fingerprint density at radius 3 is 2.44 bits per heavy atom. The SMILES string of the molecule is CCOc1ccc2ncc(S(=O)(=O)c3ccc(Cl)cc3)c(NCc3ccc(F)cc3)c2c1. The molecule has 0 spiro atoms. The van der Waals surface area contributed by atoms with Crippen LogP contribution in [0.1, 0.15) is 12.5 Å². The van der Waals surface area contributed by atoms with Crippen LogP contribution in [0.2, 0.25) is 5.02 Å². The summed E-state index contributed by atoms with van der Waals surface area (Å²) in [6, 6.07) is 17.3. The van der Waals surface area contributed by atoms with Crippen molar-refractivity contribution in [2.75, 3.05) is 11.9 Å². The summed E-state index contributed by atoms with van der Waals surface area (Å²) in [7, 11) is -3.90. The molecule has 0 aliphatic rings. The summed E-state index contributed by atoms with van der Waals surface area (Å²) in [5, 5.41) is 4.27. The zero-order chi connectivity index (χ0) is 22.7. The zero-order valence-electron chi connectivity index (χ0n) is 17.2. The van der Waals surface area contributed by atoms with Gasteiger partial charge in [0.25, 0.3) is 0 Å². The quantitative estimate of drug-likeness (QED) is 0.366. The van der Waals surface area contributed by atoms with Gasteiger partial charge in [0, 0.05) is 23.2 Å². The van der Waals surface area contributed by atoms with Crippen LogP contribution in [0.5, 0.6) is 5.75 Å².